The van der Waals surface area contributed by atoms with Gasteiger partial charge in [0.2, 0.25) is 0 Å². The zero-order valence-electron chi connectivity index (χ0n) is 11.7. The molecule has 0 unspecified atom stereocenters. The van der Waals surface area contributed by atoms with E-state index in [-0.39, 0.29) is 19.1 Å². The Labute approximate surface area is 126 Å². The third-order valence-electron chi connectivity index (χ3n) is 2.78. The molecule has 0 aliphatic carbocycles. The number of hydrogen-bond donors (Lipinski definition) is 2. The summed E-state index contributed by atoms with van der Waals surface area (Å²) in [6.07, 6.45) is -0.126. The maximum atomic E-state index is 11.9. The lowest BCUT2D eigenvalue weighted by Gasteiger charge is -2.13. The number of carbonyl (C=O) groups excluding carboxylic acids is 1. The molecule has 2 rings (SSSR count). The number of ether oxygens (including phenoxy) is 1. The van der Waals surface area contributed by atoms with Gasteiger partial charge in [-0.25, -0.2) is 0 Å². The largest absolute Gasteiger partial charge is 0.491 e. The fraction of sp³-hybridized carbons (Fsp3) is 0.357. The Hall–Kier alpha value is -1.99. The zero-order chi connectivity index (χ0) is 15.1. The second-order valence-corrected chi connectivity index (χ2v) is 5.14. The number of nitrogens with one attached hydrogen (secondary N) is 1. The van der Waals surface area contributed by atoms with E-state index >= 15 is 0 Å². The van der Waals surface area contributed by atoms with Crippen LogP contribution in [0.1, 0.15) is 22.3 Å². The SMILES string of the molecule is CCc1nnsc1C(=O)NC[C@@H](O)COc1ccccc1. The molecule has 1 amide bonds. The van der Waals surface area contributed by atoms with Crippen molar-refractivity contribution in [3.8, 4) is 5.75 Å². The molecule has 0 aliphatic heterocycles. The maximum Gasteiger partial charge on any atom is 0.265 e. The van der Waals surface area contributed by atoms with Crippen molar-refractivity contribution in [3.05, 3.63) is 40.9 Å². The predicted molar refractivity (Wildman–Crippen MR) is 79.6 cm³/mol. The summed E-state index contributed by atoms with van der Waals surface area (Å²) >= 11 is 1.06. The van der Waals surface area contributed by atoms with Crippen molar-refractivity contribution in [2.75, 3.05) is 13.2 Å². The molecule has 0 bridgehead atoms. The molecular formula is C14H17N3O3S. The Morgan fingerprint density at radius 2 is 2.19 bits per heavy atom. The quantitative estimate of drug-likeness (QED) is 0.805. The van der Waals surface area contributed by atoms with Crippen LogP contribution in [0.15, 0.2) is 30.3 Å². The van der Waals surface area contributed by atoms with Crippen LogP contribution in [0.3, 0.4) is 0 Å². The average Bonchev–Trinajstić information content (AvgIpc) is 3.00. The molecule has 0 spiro atoms. The number of hydrogen-bond acceptors (Lipinski definition) is 6. The number of aliphatic hydroxyl groups excluding tert-OH is 1. The standard InChI is InChI=1S/C14H17N3O3S/c1-2-12-13(21-17-16-12)14(19)15-8-10(18)9-20-11-6-4-3-5-7-11/h3-7,10,18H,2,8-9H2,1H3,(H,15,19)/t10-/m1/s1. The number of aromatic nitrogens is 2. The number of aryl methyl sites for hydroxylation is 1. The summed E-state index contributed by atoms with van der Waals surface area (Å²) in [5.41, 5.74) is 0.674. The monoisotopic (exact) mass is 307 g/mol. The van der Waals surface area contributed by atoms with Crippen LogP contribution in [0, 0.1) is 0 Å². The first-order valence-corrected chi connectivity index (χ1v) is 7.43. The van der Waals surface area contributed by atoms with Crippen LogP contribution < -0.4 is 10.1 Å². The van der Waals surface area contributed by atoms with Gasteiger partial charge in [0, 0.05) is 6.54 Å². The average molecular weight is 307 g/mol. The minimum atomic E-state index is -0.778. The number of carbonyl (C=O) groups is 1. The minimum absolute atomic E-state index is 0.117. The Morgan fingerprint density at radius 3 is 2.90 bits per heavy atom. The Balaban J connectivity index is 1.76. The highest BCUT2D eigenvalue weighted by atomic mass is 32.1. The highest BCUT2D eigenvalue weighted by Gasteiger charge is 2.16. The summed E-state index contributed by atoms with van der Waals surface area (Å²) < 4.78 is 9.17. The summed E-state index contributed by atoms with van der Waals surface area (Å²) in [6, 6.07) is 9.21. The summed E-state index contributed by atoms with van der Waals surface area (Å²) in [6.45, 7) is 2.15. The van der Waals surface area contributed by atoms with Crippen molar-refractivity contribution >= 4 is 17.4 Å². The van der Waals surface area contributed by atoms with Crippen LogP contribution in [-0.4, -0.2) is 39.9 Å². The van der Waals surface area contributed by atoms with Gasteiger partial charge >= 0.3 is 0 Å². The van der Waals surface area contributed by atoms with Crippen LogP contribution in [0.5, 0.6) is 5.75 Å². The number of nitrogens with zero attached hydrogens (tertiary/aromatic N) is 2. The molecule has 0 saturated heterocycles. The van der Waals surface area contributed by atoms with Crippen molar-refractivity contribution in [2.24, 2.45) is 0 Å². The van der Waals surface area contributed by atoms with E-state index in [0.29, 0.717) is 22.7 Å². The van der Waals surface area contributed by atoms with Crippen molar-refractivity contribution in [3.63, 3.8) is 0 Å². The first-order valence-electron chi connectivity index (χ1n) is 6.66. The van der Waals surface area contributed by atoms with Gasteiger partial charge < -0.3 is 15.2 Å². The molecule has 1 aromatic carbocycles. The summed E-state index contributed by atoms with van der Waals surface area (Å²) in [7, 11) is 0. The van der Waals surface area contributed by atoms with Gasteiger partial charge in [-0.05, 0) is 30.1 Å². The van der Waals surface area contributed by atoms with E-state index in [4.69, 9.17) is 4.74 Å². The topological polar surface area (TPSA) is 84.3 Å². The van der Waals surface area contributed by atoms with Gasteiger partial charge in [0.05, 0.1) is 5.69 Å². The van der Waals surface area contributed by atoms with Gasteiger partial charge in [-0.3, -0.25) is 4.79 Å². The summed E-state index contributed by atoms with van der Waals surface area (Å²) in [5.74, 6) is 0.420. The molecule has 6 nitrogen and oxygen atoms in total. The van der Waals surface area contributed by atoms with Gasteiger partial charge in [-0.2, -0.15) is 0 Å². The van der Waals surface area contributed by atoms with Crippen molar-refractivity contribution in [1.29, 1.82) is 0 Å². The van der Waals surface area contributed by atoms with E-state index in [1.165, 1.54) is 0 Å². The molecule has 2 aromatic rings. The molecule has 0 aliphatic rings. The number of benzene rings is 1. The molecule has 0 fully saturated rings. The molecular weight excluding hydrogens is 290 g/mol. The Kier molecular flexibility index (Phi) is 5.65. The molecule has 0 saturated carbocycles. The minimum Gasteiger partial charge on any atom is -0.491 e. The number of rotatable bonds is 7. The molecule has 1 heterocycles. The molecule has 7 heteroatoms. The summed E-state index contributed by atoms with van der Waals surface area (Å²) in [5, 5.41) is 16.4. The van der Waals surface area contributed by atoms with Crippen molar-refractivity contribution in [1.82, 2.24) is 14.9 Å². The molecule has 2 N–H and O–H groups in total. The lowest BCUT2D eigenvalue weighted by atomic mass is 10.3. The number of amides is 1. The third kappa shape index (κ3) is 4.51. The van der Waals surface area contributed by atoms with Crippen molar-refractivity contribution in [2.45, 2.75) is 19.4 Å². The third-order valence-corrected chi connectivity index (χ3v) is 3.55. The van der Waals surface area contributed by atoms with Crippen LogP contribution in [0.4, 0.5) is 0 Å². The van der Waals surface area contributed by atoms with Gasteiger partial charge in [-0.15, -0.1) is 5.10 Å². The first-order chi connectivity index (χ1) is 10.2. The lowest BCUT2D eigenvalue weighted by molar-refractivity contribution is 0.0846. The highest BCUT2D eigenvalue weighted by molar-refractivity contribution is 7.08. The fourth-order valence-corrected chi connectivity index (χ4v) is 2.34. The molecule has 112 valence electrons. The van der Waals surface area contributed by atoms with Crippen LogP contribution >= 0.6 is 11.5 Å². The van der Waals surface area contributed by atoms with Crippen LogP contribution in [0.2, 0.25) is 0 Å². The van der Waals surface area contributed by atoms with E-state index in [2.05, 4.69) is 14.9 Å². The highest BCUT2D eigenvalue weighted by Crippen LogP contribution is 2.11. The van der Waals surface area contributed by atoms with Crippen LogP contribution in [0.25, 0.3) is 0 Å². The fourth-order valence-electron chi connectivity index (χ4n) is 1.67. The van der Waals surface area contributed by atoms with Gasteiger partial charge in [0.1, 0.15) is 23.3 Å². The normalized spacial score (nSPS) is 11.9. The number of para-hydroxylation sites is 1. The molecule has 21 heavy (non-hydrogen) atoms. The molecule has 1 aromatic heterocycles. The van der Waals surface area contributed by atoms with E-state index in [1.54, 1.807) is 0 Å². The van der Waals surface area contributed by atoms with Crippen LogP contribution in [-0.2, 0) is 6.42 Å². The second-order valence-electron chi connectivity index (χ2n) is 4.39. The van der Waals surface area contributed by atoms with E-state index in [9.17, 15) is 9.90 Å². The van der Waals surface area contributed by atoms with Crippen molar-refractivity contribution < 1.29 is 14.6 Å². The molecule has 0 radical (unpaired) electrons. The maximum absolute atomic E-state index is 11.9. The van der Waals surface area contributed by atoms with E-state index < -0.39 is 6.10 Å². The smallest absolute Gasteiger partial charge is 0.265 e. The molecule has 1 atom stereocenters. The lowest BCUT2D eigenvalue weighted by Crippen LogP contribution is -2.35. The number of aliphatic hydroxyl groups is 1. The summed E-state index contributed by atoms with van der Waals surface area (Å²) in [4.78, 5) is 12.4. The van der Waals surface area contributed by atoms with Gasteiger partial charge in [0.15, 0.2) is 0 Å². The Bertz CT molecular complexity index is 574. The second kappa shape index (κ2) is 7.70. The predicted octanol–water partition coefficient (Wildman–Crippen LogP) is 1.27. The first kappa shape index (κ1) is 15.4. The Morgan fingerprint density at radius 1 is 1.43 bits per heavy atom. The van der Waals surface area contributed by atoms with E-state index in [1.807, 2.05) is 37.3 Å². The van der Waals surface area contributed by atoms with Gasteiger partial charge in [-0.1, -0.05) is 29.6 Å². The van der Waals surface area contributed by atoms with Gasteiger partial charge in [0.25, 0.3) is 5.91 Å². The van der Waals surface area contributed by atoms with E-state index in [0.717, 1.165) is 11.5 Å². The zero-order valence-corrected chi connectivity index (χ0v) is 12.5.